The molecule has 3 aliphatic heterocycles. The minimum Gasteiger partial charge on any atom is -0.545 e. The summed E-state index contributed by atoms with van der Waals surface area (Å²) < 4.78 is 11.9. The molecule has 0 bridgehead atoms. The predicted octanol–water partition coefficient (Wildman–Crippen LogP) is -0.246. The van der Waals surface area contributed by atoms with E-state index in [2.05, 4.69) is 27.8 Å². The van der Waals surface area contributed by atoms with Crippen LogP contribution in [0.5, 0.6) is 0 Å². The number of guanidine groups is 1. The van der Waals surface area contributed by atoms with Gasteiger partial charge in [0.1, 0.15) is 5.84 Å². The molecular formula is C13H21N6O2ReS-. The minimum absolute atomic E-state index is 0. The molecule has 3 rings (SSSR count). The molecule has 0 aromatic heterocycles. The van der Waals surface area contributed by atoms with Gasteiger partial charge in [-0.25, -0.2) is 0 Å². The Balaban J connectivity index is 0.00000192. The Morgan fingerprint density at radius 3 is 2.91 bits per heavy atom. The maximum atomic E-state index is 11.9. The topological polar surface area (TPSA) is 117 Å². The van der Waals surface area contributed by atoms with Crippen LogP contribution in [-0.2, 0) is 31.2 Å². The molecule has 23 heavy (non-hydrogen) atoms. The van der Waals surface area contributed by atoms with Crippen LogP contribution < -0.4 is 11.2 Å². The van der Waals surface area contributed by atoms with Crippen LogP contribution in [-0.4, -0.2) is 56.6 Å². The number of aliphatic imine (C=N–C) groups is 2. The molecule has 1 fully saturated rings. The second-order valence-electron chi connectivity index (χ2n) is 6.25. The van der Waals surface area contributed by atoms with Crippen molar-refractivity contribution in [3.63, 3.8) is 0 Å². The van der Waals surface area contributed by atoms with Gasteiger partial charge in [0.05, 0.1) is 21.4 Å². The molecule has 10 heteroatoms. The molecule has 0 aliphatic carbocycles. The predicted molar refractivity (Wildman–Crippen MR) is 86.5 cm³/mol. The van der Waals surface area contributed by atoms with Crippen LogP contribution in [0.4, 0.5) is 0 Å². The van der Waals surface area contributed by atoms with Crippen molar-refractivity contribution in [2.75, 3.05) is 12.8 Å². The van der Waals surface area contributed by atoms with Crippen molar-refractivity contribution in [3.8, 4) is 0 Å². The summed E-state index contributed by atoms with van der Waals surface area (Å²) in [6.07, 6.45) is 2.64. The van der Waals surface area contributed by atoms with Crippen molar-refractivity contribution in [1.29, 1.82) is 0 Å². The third-order valence-corrected chi connectivity index (χ3v) is 5.10. The number of rotatable bonds is 1. The van der Waals surface area contributed by atoms with E-state index in [0.29, 0.717) is 23.0 Å². The van der Waals surface area contributed by atoms with E-state index >= 15 is 0 Å². The fourth-order valence-corrected chi connectivity index (χ4v) is 3.68. The van der Waals surface area contributed by atoms with Crippen molar-refractivity contribution in [2.45, 2.75) is 44.5 Å². The number of nitrogens with two attached hydrogens (primary N) is 1. The van der Waals surface area contributed by atoms with E-state index in [-0.39, 0.29) is 32.4 Å². The third-order valence-electron chi connectivity index (χ3n) is 4.21. The van der Waals surface area contributed by atoms with Gasteiger partial charge in [0.15, 0.2) is 0 Å². The Kier molecular flexibility index (Phi) is 5.33. The van der Waals surface area contributed by atoms with E-state index in [1.54, 1.807) is 6.26 Å². The Morgan fingerprint density at radius 1 is 1.57 bits per heavy atom. The molecule has 3 unspecified atom stereocenters. The molecule has 0 aromatic rings. The Hall–Kier alpha value is -0.788. The SMILES string of the molecule is CC1CC[C@](C)(O)CN1C1=NC(N)=NC2[N-]NC(S(C)=O)=C12.[Re]. The van der Waals surface area contributed by atoms with Gasteiger partial charge in [-0.2, -0.15) is 4.99 Å². The van der Waals surface area contributed by atoms with Gasteiger partial charge in [0.2, 0.25) is 5.96 Å². The Labute approximate surface area is 151 Å². The second kappa shape index (κ2) is 6.61. The number of hydrogen-bond donors (Lipinski definition) is 3. The molecule has 1 saturated heterocycles. The molecule has 0 amide bonds. The molecular weight excluding hydrogens is 490 g/mol. The number of fused-ring (bicyclic) bond motifs is 1. The molecule has 3 heterocycles. The van der Waals surface area contributed by atoms with Crippen molar-refractivity contribution < 1.29 is 29.7 Å². The number of nitrogens with one attached hydrogen (secondary N) is 1. The first-order chi connectivity index (χ1) is 10.3. The van der Waals surface area contributed by atoms with Crippen molar-refractivity contribution in [1.82, 2.24) is 10.3 Å². The van der Waals surface area contributed by atoms with Crippen LogP contribution in [0.3, 0.4) is 0 Å². The molecule has 0 spiro atoms. The molecule has 1 radical (unpaired) electrons. The number of likely N-dealkylation sites (tertiary alicyclic amines) is 1. The number of β-amino-alcohol motifs (C(OH)–C–C–N with tert-alkyl or cyclic N) is 1. The van der Waals surface area contributed by atoms with Gasteiger partial charge in [0.25, 0.3) is 0 Å². The second-order valence-corrected chi connectivity index (χ2v) is 7.56. The van der Waals surface area contributed by atoms with Crippen molar-refractivity contribution in [2.24, 2.45) is 15.7 Å². The Morgan fingerprint density at radius 2 is 2.26 bits per heavy atom. The standard InChI is InChI=1S/C13H21N6O2S.Re/c1-7-4-5-13(2,20)6-19(7)10-8-9(15-12(14)16-10)17-18-11(8)22(3)21;/h7,9,18,20H,4-6H2,1-3H3,(H2,14,15);/q-1;/t7?,9?,13-,22?;/m0./s1. The van der Waals surface area contributed by atoms with E-state index in [4.69, 9.17) is 5.73 Å². The van der Waals surface area contributed by atoms with Crippen LogP contribution in [0.25, 0.3) is 5.43 Å². The number of hydrogen-bond acceptors (Lipinski definition) is 7. The smallest absolute Gasteiger partial charge is 0.216 e. The third kappa shape index (κ3) is 3.51. The maximum absolute atomic E-state index is 11.9. The number of piperidine rings is 1. The van der Waals surface area contributed by atoms with E-state index in [0.717, 1.165) is 12.8 Å². The monoisotopic (exact) mass is 512 g/mol. The van der Waals surface area contributed by atoms with Crippen LogP contribution in [0.15, 0.2) is 20.6 Å². The quantitative estimate of drug-likeness (QED) is 0.449. The molecule has 8 nitrogen and oxygen atoms in total. The average Bonchev–Trinajstić information content (AvgIpc) is 2.84. The number of amidine groups is 1. The van der Waals surface area contributed by atoms with E-state index < -0.39 is 22.6 Å². The van der Waals surface area contributed by atoms with Gasteiger partial charge in [-0.1, -0.05) is 0 Å². The van der Waals surface area contributed by atoms with E-state index in [1.807, 2.05) is 11.8 Å². The van der Waals surface area contributed by atoms with Crippen LogP contribution in [0.1, 0.15) is 26.7 Å². The summed E-state index contributed by atoms with van der Waals surface area (Å²) in [6, 6.07) is 0.199. The molecule has 0 saturated carbocycles. The zero-order valence-electron chi connectivity index (χ0n) is 13.3. The summed E-state index contributed by atoms with van der Waals surface area (Å²) in [5.74, 6) is 0.763. The first kappa shape index (κ1) is 18.5. The minimum atomic E-state index is -1.23. The van der Waals surface area contributed by atoms with Crippen molar-refractivity contribution >= 4 is 22.6 Å². The molecule has 129 valence electrons. The van der Waals surface area contributed by atoms with Gasteiger partial charge in [0, 0.05) is 51.0 Å². The van der Waals surface area contributed by atoms with Gasteiger partial charge >= 0.3 is 0 Å². The van der Waals surface area contributed by atoms with Gasteiger partial charge in [-0.3, -0.25) is 9.20 Å². The first-order valence-corrected chi connectivity index (χ1v) is 8.79. The van der Waals surface area contributed by atoms with E-state index in [1.165, 1.54) is 0 Å². The summed E-state index contributed by atoms with van der Waals surface area (Å²) in [5.41, 5.74) is 12.7. The first-order valence-electron chi connectivity index (χ1n) is 7.23. The summed E-state index contributed by atoms with van der Waals surface area (Å²) in [7, 11) is -1.23. The maximum Gasteiger partial charge on any atom is 0.216 e. The fourth-order valence-electron chi connectivity index (χ4n) is 2.99. The molecule has 4 atom stereocenters. The summed E-state index contributed by atoms with van der Waals surface area (Å²) >= 11 is 0. The summed E-state index contributed by atoms with van der Waals surface area (Å²) in [4.78, 5) is 10.6. The zero-order chi connectivity index (χ0) is 16.1. The van der Waals surface area contributed by atoms with Gasteiger partial charge in [-0.05, 0) is 26.7 Å². The van der Waals surface area contributed by atoms with Crippen LogP contribution >= 0.6 is 0 Å². The largest absolute Gasteiger partial charge is 0.545 e. The zero-order valence-corrected chi connectivity index (χ0v) is 16.8. The normalized spacial score (nSPS) is 34.9. The fraction of sp³-hybridized carbons (Fsp3) is 0.692. The summed E-state index contributed by atoms with van der Waals surface area (Å²) in [6.45, 7) is 4.34. The number of nitrogens with zero attached hydrogens (tertiary/aromatic N) is 4. The van der Waals surface area contributed by atoms with E-state index in [9.17, 15) is 9.32 Å². The molecule has 0 aromatic carbocycles. The Bertz CT molecular complexity index is 618. The van der Waals surface area contributed by atoms with Crippen molar-refractivity contribution in [3.05, 3.63) is 16.0 Å². The van der Waals surface area contributed by atoms with Gasteiger partial charge < -0.3 is 26.6 Å². The molecule has 3 aliphatic rings. The molecule has 4 N–H and O–H groups in total. The average molecular weight is 512 g/mol. The van der Waals surface area contributed by atoms with Crippen LogP contribution in [0, 0.1) is 0 Å². The van der Waals surface area contributed by atoms with Gasteiger partial charge in [-0.15, -0.1) is 0 Å². The summed E-state index contributed by atoms with van der Waals surface area (Å²) in [5, 5.41) is 10.9. The number of aliphatic hydroxyl groups is 1. The van der Waals surface area contributed by atoms with Crippen LogP contribution in [0.2, 0.25) is 0 Å².